The summed E-state index contributed by atoms with van der Waals surface area (Å²) in [4.78, 5) is 14.3. The first-order chi connectivity index (χ1) is 21.9. The number of hydrazone groups is 1. The molecule has 3 aromatic carbocycles. The molecule has 1 amide bonds. The predicted molar refractivity (Wildman–Crippen MR) is 173 cm³/mol. The van der Waals surface area contributed by atoms with Crippen molar-refractivity contribution in [3.05, 3.63) is 95.1 Å². The Morgan fingerprint density at radius 2 is 1.53 bits per heavy atom. The minimum Gasteiger partial charge on any atom is -0.494 e. The average Bonchev–Trinajstić information content (AvgIpc) is 3.47. The van der Waals surface area contributed by atoms with Gasteiger partial charge in [0.15, 0.2) is 0 Å². The topological polar surface area (TPSA) is 97.7 Å². The number of fused-ring (bicyclic) bond motifs is 1. The van der Waals surface area contributed by atoms with Crippen LogP contribution in [-0.4, -0.2) is 68.9 Å². The third-order valence-electron chi connectivity index (χ3n) is 8.48. The molecule has 2 atom stereocenters. The molecule has 236 valence electrons. The van der Waals surface area contributed by atoms with Crippen LogP contribution in [0.5, 0.6) is 11.5 Å². The lowest BCUT2D eigenvalue weighted by Gasteiger charge is -2.30. The Labute approximate surface area is 265 Å². The van der Waals surface area contributed by atoms with Crippen molar-refractivity contribution in [2.24, 2.45) is 11.0 Å². The fraction of sp³-hybridized carbons (Fsp3) is 0.371. The van der Waals surface area contributed by atoms with Gasteiger partial charge in [0.05, 0.1) is 43.1 Å². The SMILES string of the molecule is CCOc1ccc(/C=C2\CCCC3C2=NN(C(=O)c2ccc(S(=O)(=O)N4CCOCC4)cc2)C3c2ccc(OCC)cc2)cc1. The zero-order valence-corrected chi connectivity index (χ0v) is 26.5. The van der Waals surface area contributed by atoms with E-state index in [1.807, 2.05) is 62.4 Å². The molecule has 0 aromatic heterocycles. The molecule has 45 heavy (non-hydrogen) atoms. The number of sulfonamides is 1. The van der Waals surface area contributed by atoms with Gasteiger partial charge in [-0.15, -0.1) is 0 Å². The molecule has 3 aromatic rings. The number of nitrogens with zero attached hydrogens (tertiary/aromatic N) is 3. The number of rotatable bonds is 9. The number of amides is 1. The maximum Gasteiger partial charge on any atom is 0.274 e. The van der Waals surface area contributed by atoms with Gasteiger partial charge in [0.25, 0.3) is 5.91 Å². The van der Waals surface area contributed by atoms with E-state index in [-0.39, 0.29) is 22.8 Å². The van der Waals surface area contributed by atoms with Gasteiger partial charge in [-0.25, -0.2) is 13.4 Å². The van der Waals surface area contributed by atoms with Crippen molar-refractivity contribution < 1.29 is 27.4 Å². The molecule has 2 aliphatic heterocycles. The summed E-state index contributed by atoms with van der Waals surface area (Å²) >= 11 is 0. The fourth-order valence-electron chi connectivity index (χ4n) is 6.30. The van der Waals surface area contributed by atoms with Crippen LogP contribution in [0, 0.1) is 5.92 Å². The standard InChI is InChI=1S/C35H39N3O6S/c1-3-43-29-14-8-25(9-15-29)24-28-6-5-7-32-33(28)36-38(34(32)26-10-16-30(17-11-26)44-4-2)35(39)27-12-18-31(19-13-27)45(40,41)37-20-22-42-23-21-37/h8-19,24,32,34H,3-7,20-23H2,1-2H3/b28-24+. The van der Waals surface area contributed by atoms with Crippen LogP contribution in [0.15, 0.2) is 88.4 Å². The van der Waals surface area contributed by atoms with E-state index in [1.54, 1.807) is 17.1 Å². The first-order valence-electron chi connectivity index (χ1n) is 15.7. The molecular weight excluding hydrogens is 590 g/mol. The molecule has 0 radical (unpaired) electrons. The van der Waals surface area contributed by atoms with Gasteiger partial charge in [-0.05, 0) is 104 Å². The van der Waals surface area contributed by atoms with Crippen LogP contribution in [0.1, 0.15) is 60.6 Å². The van der Waals surface area contributed by atoms with Gasteiger partial charge < -0.3 is 14.2 Å². The summed E-state index contributed by atoms with van der Waals surface area (Å²) in [5.41, 5.74) is 4.45. The number of benzene rings is 3. The molecular formula is C35H39N3O6S. The summed E-state index contributed by atoms with van der Waals surface area (Å²) in [6, 6.07) is 21.8. The largest absolute Gasteiger partial charge is 0.494 e. The summed E-state index contributed by atoms with van der Waals surface area (Å²) < 4.78 is 44.4. The molecule has 0 bridgehead atoms. The highest BCUT2D eigenvalue weighted by Gasteiger charge is 2.44. The minimum atomic E-state index is -3.67. The Morgan fingerprint density at radius 3 is 2.16 bits per heavy atom. The van der Waals surface area contributed by atoms with Gasteiger partial charge >= 0.3 is 0 Å². The first kappa shape index (κ1) is 31.0. The van der Waals surface area contributed by atoms with Gasteiger partial charge in [-0.3, -0.25) is 4.79 Å². The lowest BCUT2D eigenvalue weighted by Crippen LogP contribution is -2.40. The van der Waals surface area contributed by atoms with E-state index >= 15 is 0 Å². The Kier molecular flexibility index (Phi) is 9.34. The number of carbonyl (C=O) groups is 1. The van der Waals surface area contributed by atoms with E-state index in [1.165, 1.54) is 16.4 Å². The normalized spacial score (nSPS) is 21.3. The minimum absolute atomic E-state index is 0.0237. The second-order valence-electron chi connectivity index (χ2n) is 11.3. The van der Waals surface area contributed by atoms with Crippen molar-refractivity contribution in [1.82, 2.24) is 9.31 Å². The predicted octanol–water partition coefficient (Wildman–Crippen LogP) is 5.94. The third kappa shape index (κ3) is 6.54. The molecule has 1 aliphatic carbocycles. The first-order valence-corrected chi connectivity index (χ1v) is 17.1. The number of hydrogen-bond acceptors (Lipinski definition) is 7. The Morgan fingerprint density at radius 1 is 0.911 bits per heavy atom. The molecule has 1 saturated heterocycles. The van der Waals surface area contributed by atoms with E-state index in [9.17, 15) is 13.2 Å². The second kappa shape index (κ2) is 13.6. The average molecular weight is 630 g/mol. The van der Waals surface area contributed by atoms with Gasteiger partial charge in [0, 0.05) is 24.6 Å². The van der Waals surface area contributed by atoms with E-state index in [0.717, 1.165) is 53.2 Å². The molecule has 0 spiro atoms. The van der Waals surface area contributed by atoms with Crippen LogP contribution in [0.4, 0.5) is 0 Å². The number of hydrogen-bond donors (Lipinski definition) is 0. The second-order valence-corrected chi connectivity index (χ2v) is 13.2. The highest BCUT2D eigenvalue weighted by molar-refractivity contribution is 7.89. The van der Waals surface area contributed by atoms with Crippen LogP contribution in [0.25, 0.3) is 6.08 Å². The third-order valence-corrected chi connectivity index (χ3v) is 10.4. The highest BCUT2D eigenvalue weighted by Crippen LogP contribution is 2.45. The van der Waals surface area contributed by atoms with Crippen LogP contribution in [-0.2, 0) is 14.8 Å². The van der Waals surface area contributed by atoms with Crippen molar-refractivity contribution in [1.29, 1.82) is 0 Å². The molecule has 2 fully saturated rings. The lowest BCUT2D eigenvalue weighted by atomic mass is 9.77. The molecule has 2 unspecified atom stereocenters. The van der Waals surface area contributed by atoms with E-state index < -0.39 is 10.0 Å². The van der Waals surface area contributed by atoms with Crippen molar-refractivity contribution in [3.63, 3.8) is 0 Å². The molecule has 2 heterocycles. The summed E-state index contributed by atoms with van der Waals surface area (Å²) in [6.45, 7) is 6.46. The maximum atomic E-state index is 14.2. The van der Waals surface area contributed by atoms with Gasteiger partial charge in [-0.1, -0.05) is 24.3 Å². The molecule has 1 saturated carbocycles. The van der Waals surface area contributed by atoms with Crippen LogP contribution < -0.4 is 9.47 Å². The highest BCUT2D eigenvalue weighted by atomic mass is 32.2. The van der Waals surface area contributed by atoms with Crippen molar-refractivity contribution in [2.45, 2.75) is 44.0 Å². The fourth-order valence-corrected chi connectivity index (χ4v) is 7.70. The summed E-state index contributed by atoms with van der Waals surface area (Å²) in [5, 5.41) is 6.60. The summed E-state index contributed by atoms with van der Waals surface area (Å²) in [5.74, 6) is 1.35. The number of ether oxygens (including phenoxy) is 3. The number of allylic oxidation sites excluding steroid dienone is 1. The molecule has 10 heteroatoms. The van der Waals surface area contributed by atoms with E-state index in [4.69, 9.17) is 19.3 Å². The van der Waals surface area contributed by atoms with Crippen molar-refractivity contribution >= 4 is 27.7 Å². The summed E-state index contributed by atoms with van der Waals surface area (Å²) in [7, 11) is -3.67. The zero-order chi connectivity index (χ0) is 31.4. The van der Waals surface area contributed by atoms with E-state index in [2.05, 4.69) is 6.08 Å². The Hall–Kier alpha value is -3.99. The lowest BCUT2D eigenvalue weighted by molar-refractivity contribution is 0.0680. The van der Waals surface area contributed by atoms with Crippen LogP contribution in [0.3, 0.4) is 0 Å². The molecule has 9 nitrogen and oxygen atoms in total. The van der Waals surface area contributed by atoms with Gasteiger partial charge in [-0.2, -0.15) is 9.41 Å². The Balaban J connectivity index is 1.33. The maximum absolute atomic E-state index is 14.2. The van der Waals surface area contributed by atoms with Crippen LogP contribution in [0.2, 0.25) is 0 Å². The quantitative estimate of drug-likeness (QED) is 0.291. The van der Waals surface area contributed by atoms with Gasteiger partial charge in [0.1, 0.15) is 11.5 Å². The number of morpholine rings is 1. The van der Waals surface area contributed by atoms with Crippen LogP contribution >= 0.6 is 0 Å². The number of carbonyl (C=O) groups excluding carboxylic acids is 1. The molecule has 0 N–H and O–H groups in total. The monoisotopic (exact) mass is 629 g/mol. The van der Waals surface area contributed by atoms with Crippen molar-refractivity contribution in [2.75, 3.05) is 39.5 Å². The zero-order valence-electron chi connectivity index (χ0n) is 25.7. The summed E-state index contributed by atoms with van der Waals surface area (Å²) in [6.07, 6.45) is 4.91. The van der Waals surface area contributed by atoms with Gasteiger partial charge in [0.2, 0.25) is 10.0 Å². The van der Waals surface area contributed by atoms with Crippen molar-refractivity contribution in [3.8, 4) is 11.5 Å². The smallest absolute Gasteiger partial charge is 0.274 e. The molecule has 3 aliphatic rings. The van der Waals surface area contributed by atoms with E-state index in [0.29, 0.717) is 45.1 Å². The Bertz CT molecular complexity index is 1660. The molecule has 6 rings (SSSR count).